The van der Waals surface area contributed by atoms with Crippen molar-refractivity contribution in [3.63, 3.8) is 0 Å². The van der Waals surface area contributed by atoms with Crippen LogP contribution in [-0.2, 0) is 22.4 Å². The Morgan fingerprint density at radius 2 is 1.45 bits per heavy atom. The number of benzene rings is 3. The Labute approximate surface area is 230 Å². The van der Waals surface area contributed by atoms with Gasteiger partial charge in [-0.3, -0.25) is 14.8 Å². The van der Waals surface area contributed by atoms with Gasteiger partial charge >= 0.3 is 0 Å². The maximum absolute atomic E-state index is 13.5. The van der Waals surface area contributed by atoms with Crippen molar-refractivity contribution in [1.29, 1.82) is 0 Å². The lowest BCUT2D eigenvalue weighted by molar-refractivity contribution is -0.135. The van der Waals surface area contributed by atoms with Crippen LogP contribution in [0.5, 0.6) is 0 Å². The van der Waals surface area contributed by atoms with Crippen LogP contribution in [0.25, 0.3) is 0 Å². The first-order valence-corrected chi connectivity index (χ1v) is 13.5. The van der Waals surface area contributed by atoms with E-state index in [0.29, 0.717) is 24.4 Å². The minimum Gasteiger partial charge on any atom is -0.378 e. The highest BCUT2D eigenvalue weighted by atomic mass is 32.1. The van der Waals surface area contributed by atoms with Crippen LogP contribution >= 0.6 is 12.2 Å². The summed E-state index contributed by atoms with van der Waals surface area (Å²) in [7, 11) is 0. The molecule has 0 aliphatic heterocycles. The predicted octanol–water partition coefficient (Wildman–Crippen LogP) is 4.97. The molecule has 0 aromatic heterocycles. The minimum atomic E-state index is -0.628. The molecular formula is C31H37N3O3S. The Balaban J connectivity index is 1.68. The summed E-state index contributed by atoms with van der Waals surface area (Å²) in [6, 6.07) is 29.6. The highest BCUT2D eigenvalue weighted by Crippen LogP contribution is 2.25. The van der Waals surface area contributed by atoms with E-state index in [2.05, 4.69) is 22.8 Å². The zero-order chi connectivity index (χ0) is 27.2. The van der Waals surface area contributed by atoms with Crippen LogP contribution in [-0.4, -0.2) is 34.6 Å². The molecule has 4 N–H and O–H groups in total. The molecule has 3 aromatic carbocycles. The number of hydroxylamine groups is 1. The molecule has 2 amide bonds. The van der Waals surface area contributed by atoms with E-state index < -0.39 is 17.9 Å². The number of carbonyl (C=O) groups is 2. The number of rotatable bonds is 14. The largest absolute Gasteiger partial charge is 0.378 e. The van der Waals surface area contributed by atoms with Crippen LogP contribution in [0.3, 0.4) is 0 Å². The molecule has 3 aromatic rings. The summed E-state index contributed by atoms with van der Waals surface area (Å²) in [6.45, 7) is 2.73. The third kappa shape index (κ3) is 9.72. The number of hydrogen-bond acceptors (Lipinski definition) is 4. The van der Waals surface area contributed by atoms with Crippen LogP contribution in [0.4, 0.5) is 0 Å². The van der Waals surface area contributed by atoms with E-state index in [9.17, 15) is 9.59 Å². The number of amides is 2. The third-order valence-corrected chi connectivity index (χ3v) is 7.06. The van der Waals surface area contributed by atoms with Gasteiger partial charge in [0.15, 0.2) is 0 Å². The van der Waals surface area contributed by atoms with Crippen molar-refractivity contribution in [2.45, 2.75) is 51.0 Å². The quantitative estimate of drug-likeness (QED) is 0.102. The molecule has 200 valence electrons. The number of nitrogens with one attached hydrogen (secondary N) is 3. The number of thiocarbonyl (C=S) groups is 1. The number of hydrogen-bond donors (Lipinski definition) is 4. The van der Waals surface area contributed by atoms with E-state index in [1.54, 1.807) is 5.48 Å². The average Bonchev–Trinajstić information content (AvgIpc) is 2.95. The monoisotopic (exact) mass is 531 g/mol. The fourth-order valence-corrected chi connectivity index (χ4v) is 4.76. The summed E-state index contributed by atoms with van der Waals surface area (Å²) in [4.78, 5) is 26.2. The van der Waals surface area contributed by atoms with E-state index in [1.165, 1.54) is 5.56 Å². The summed E-state index contributed by atoms with van der Waals surface area (Å²) in [5.74, 6) is -1.43. The second kappa shape index (κ2) is 15.6. The normalized spacial score (nSPS) is 13.1. The van der Waals surface area contributed by atoms with Gasteiger partial charge in [0.05, 0.1) is 11.0 Å². The van der Waals surface area contributed by atoms with Gasteiger partial charge in [-0.25, -0.2) is 5.48 Å². The molecule has 1 unspecified atom stereocenters. The van der Waals surface area contributed by atoms with Gasteiger partial charge in [0.1, 0.15) is 0 Å². The van der Waals surface area contributed by atoms with Crippen LogP contribution in [0, 0.1) is 5.92 Å². The maximum Gasteiger partial charge on any atom is 0.244 e. The predicted molar refractivity (Wildman–Crippen MR) is 155 cm³/mol. The van der Waals surface area contributed by atoms with Gasteiger partial charge in [0, 0.05) is 18.9 Å². The molecule has 0 saturated carbocycles. The van der Waals surface area contributed by atoms with Gasteiger partial charge in [-0.1, -0.05) is 110 Å². The topological polar surface area (TPSA) is 90.5 Å². The van der Waals surface area contributed by atoms with Crippen molar-refractivity contribution in [3.8, 4) is 0 Å². The molecule has 0 saturated heterocycles. The molecule has 0 spiro atoms. The fraction of sp³-hybridized carbons (Fsp3) is 0.323. The first kappa shape index (κ1) is 29.0. The summed E-state index contributed by atoms with van der Waals surface area (Å²) >= 11 is 5.74. The Hall–Kier alpha value is -3.55. The Morgan fingerprint density at radius 1 is 0.868 bits per heavy atom. The van der Waals surface area contributed by atoms with Gasteiger partial charge in [0.25, 0.3) is 0 Å². The minimum absolute atomic E-state index is 0.0501. The van der Waals surface area contributed by atoms with E-state index >= 15 is 0 Å². The van der Waals surface area contributed by atoms with E-state index in [0.717, 1.165) is 24.0 Å². The Morgan fingerprint density at radius 3 is 2.05 bits per heavy atom. The molecule has 0 bridgehead atoms. The van der Waals surface area contributed by atoms with E-state index in [-0.39, 0.29) is 18.2 Å². The average molecular weight is 532 g/mol. The number of aryl methyl sites for hydroxylation is 1. The van der Waals surface area contributed by atoms with Crippen molar-refractivity contribution in [2.75, 3.05) is 6.54 Å². The molecule has 3 atom stereocenters. The second-order valence-electron chi connectivity index (χ2n) is 9.61. The van der Waals surface area contributed by atoms with Crippen molar-refractivity contribution in [2.24, 2.45) is 5.92 Å². The van der Waals surface area contributed by atoms with Gasteiger partial charge < -0.3 is 10.6 Å². The van der Waals surface area contributed by atoms with Gasteiger partial charge in [-0.15, -0.1) is 0 Å². The number of carbonyl (C=O) groups excluding carboxylic acids is 2. The smallest absolute Gasteiger partial charge is 0.244 e. The zero-order valence-electron chi connectivity index (χ0n) is 21.8. The maximum atomic E-state index is 13.5. The van der Waals surface area contributed by atoms with Gasteiger partial charge in [0.2, 0.25) is 11.8 Å². The van der Waals surface area contributed by atoms with Crippen molar-refractivity contribution in [3.05, 3.63) is 108 Å². The molecule has 6 nitrogen and oxygen atoms in total. The molecule has 0 aliphatic carbocycles. The first-order chi connectivity index (χ1) is 18.5. The second-order valence-corrected chi connectivity index (χ2v) is 10.1. The van der Waals surface area contributed by atoms with Gasteiger partial charge in [-0.2, -0.15) is 0 Å². The molecule has 0 radical (unpaired) electrons. The van der Waals surface area contributed by atoms with E-state index in [1.807, 2.05) is 85.8 Å². The summed E-state index contributed by atoms with van der Waals surface area (Å²) in [6.07, 6.45) is 2.71. The Bertz CT molecular complexity index is 1140. The highest BCUT2D eigenvalue weighted by Gasteiger charge is 2.28. The molecule has 0 heterocycles. The van der Waals surface area contributed by atoms with Crippen molar-refractivity contribution in [1.82, 2.24) is 16.1 Å². The molecule has 0 fully saturated rings. The zero-order valence-corrected chi connectivity index (χ0v) is 22.6. The fourth-order valence-electron chi connectivity index (χ4n) is 4.52. The summed E-state index contributed by atoms with van der Waals surface area (Å²) < 4.78 is 0. The lowest BCUT2D eigenvalue weighted by Crippen LogP contribution is -2.49. The molecular weight excluding hydrogens is 494 g/mol. The standard InChI is InChI=1S/C31H37N3O3S/c1-23(26-17-9-4-10-18-26)20-27(22-29(35)34-37)30(36)33-28(21-25-14-7-3-8-15-25)31(38)32-19-11-16-24-12-5-2-6-13-24/h2-10,12-15,17-18,23,27-28,37H,11,16,19-22H2,1H3,(H,32,38)(H,33,36)(H,34,35)/t23?,27-,28+/m1/s1. The summed E-state index contributed by atoms with van der Waals surface area (Å²) in [5, 5.41) is 15.6. The van der Waals surface area contributed by atoms with Gasteiger partial charge in [-0.05, 0) is 48.3 Å². The lowest BCUT2D eigenvalue weighted by Gasteiger charge is -2.25. The van der Waals surface area contributed by atoms with E-state index in [4.69, 9.17) is 17.4 Å². The SMILES string of the molecule is CC(C[C@H](CC(=O)NO)C(=O)N[C@@H](Cc1ccccc1)C(=S)NCCCc1ccccc1)c1ccccc1. The molecule has 3 rings (SSSR count). The van der Waals surface area contributed by atoms with Crippen molar-refractivity contribution >= 4 is 29.0 Å². The van der Waals surface area contributed by atoms with Crippen LogP contribution < -0.4 is 16.1 Å². The molecule has 0 aliphatic rings. The lowest BCUT2D eigenvalue weighted by atomic mass is 9.87. The first-order valence-electron chi connectivity index (χ1n) is 13.1. The third-order valence-electron chi connectivity index (χ3n) is 6.63. The molecule has 38 heavy (non-hydrogen) atoms. The van der Waals surface area contributed by atoms with Crippen LogP contribution in [0.1, 0.15) is 48.8 Å². The highest BCUT2D eigenvalue weighted by molar-refractivity contribution is 7.80. The molecule has 7 heteroatoms. The van der Waals surface area contributed by atoms with Crippen LogP contribution in [0.2, 0.25) is 0 Å². The van der Waals surface area contributed by atoms with Crippen molar-refractivity contribution < 1.29 is 14.8 Å². The van der Waals surface area contributed by atoms with Crippen LogP contribution in [0.15, 0.2) is 91.0 Å². The summed E-state index contributed by atoms with van der Waals surface area (Å²) in [5.41, 5.74) is 5.08. The Kier molecular flexibility index (Phi) is 11.9.